The van der Waals surface area contributed by atoms with E-state index in [9.17, 15) is 12.8 Å². The van der Waals surface area contributed by atoms with E-state index >= 15 is 0 Å². The summed E-state index contributed by atoms with van der Waals surface area (Å²) in [6.07, 6.45) is 7.07. The Morgan fingerprint density at radius 3 is 2.59 bits per heavy atom. The van der Waals surface area contributed by atoms with Crippen molar-refractivity contribution >= 4 is 10.0 Å². The Labute approximate surface area is 100 Å². The van der Waals surface area contributed by atoms with Gasteiger partial charge < -0.3 is 0 Å². The van der Waals surface area contributed by atoms with Crippen LogP contribution in [0.5, 0.6) is 0 Å². The highest BCUT2D eigenvalue weighted by atomic mass is 32.2. The molecule has 0 aromatic carbocycles. The fourth-order valence-electron chi connectivity index (χ4n) is 2.05. The lowest BCUT2D eigenvalue weighted by molar-refractivity contribution is 0.412. The molecule has 1 fully saturated rings. The van der Waals surface area contributed by atoms with Gasteiger partial charge in [-0.1, -0.05) is 19.3 Å². The number of aromatic nitrogens is 1. The van der Waals surface area contributed by atoms with Gasteiger partial charge in [0.15, 0.2) is 0 Å². The molecule has 1 saturated carbocycles. The number of hydrogen-bond acceptors (Lipinski definition) is 3. The molecule has 2 rings (SSSR count). The van der Waals surface area contributed by atoms with Gasteiger partial charge in [0, 0.05) is 12.2 Å². The molecule has 1 aromatic rings. The molecule has 0 bridgehead atoms. The zero-order chi connectivity index (χ0) is 12.3. The van der Waals surface area contributed by atoms with E-state index in [2.05, 4.69) is 9.71 Å². The number of hydrogen-bond donors (Lipinski definition) is 1. The first-order chi connectivity index (χ1) is 8.08. The molecule has 94 valence electrons. The summed E-state index contributed by atoms with van der Waals surface area (Å²) < 4.78 is 39.4. The van der Waals surface area contributed by atoms with Crippen LogP contribution in [0.1, 0.15) is 32.1 Å². The summed E-state index contributed by atoms with van der Waals surface area (Å²) in [5, 5.41) is 0. The van der Waals surface area contributed by atoms with Crippen molar-refractivity contribution in [2.75, 3.05) is 0 Å². The molecule has 0 saturated heterocycles. The summed E-state index contributed by atoms with van der Waals surface area (Å²) in [4.78, 5) is 3.44. The van der Waals surface area contributed by atoms with E-state index in [1.807, 2.05) is 0 Å². The lowest BCUT2D eigenvalue weighted by atomic mass is 9.96. The van der Waals surface area contributed by atoms with Crippen LogP contribution in [0.15, 0.2) is 23.4 Å². The van der Waals surface area contributed by atoms with Crippen molar-refractivity contribution in [1.82, 2.24) is 9.71 Å². The smallest absolute Gasteiger partial charge is 0.242 e. The molecule has 4 nitrogen and oxygen atoms in total. The van der Waals surface area contributed by atoms with Crippen LogP contribution < -0.4 is 4.72 Å². The first kappa shape index (κ1) is 12.4. The lowest BCUT2D eigenvalue weighted by Crippen LogP contribution is -2.36. The second-order valence-corrected chi connectivity index (χ2v) is 6.01. The molecule has 1 aromatic heterocycles. The molecular formula is C11H15FN2O2S. The summed E-state index contributed by atoms with van der Waals surface area (Å²) in [6, 6.07) is 0.954. The lowest BCUT2D eigenvalue weighted by Gasteiger charge is -2.22. The first-order valence-corrected chi connectivity index (χ1v) is 7.19. The van der Waals surface area contributed by atoms with Crippen molar-refractivity contribution in [2.24, 2.45) is 0 Å². The minimum atomic E-state index is -3.63. The Morgan fingerprint density at radius 1 is 1.24 bits per heavy atom. The highest BCUT2D eigenvalue weighted by Crippen LogP contribution is 2.19. The van der Waals surface area contributed by atoms with Crippen LogP contribution >= 0.6 is 0 Å². The van der Waals surface area contributed by atoms with Crippen LogP contribution in [0.4, 0.5) is 4.39 Å². The highest BCUT2D eigenvalue weighted by Gasteiger charge is 2.22. The SMILES string of the molecule is O=S(=O)(NC1CCCCC1)c1cncc(F)c1. The topological polar surface area (TPSA) is 59.1 Å². The first-order valence-electron chi connectivity index (χ1n) is 5.71. The molecule has 1 aliphatic rings. The minimum Gasteiger partial charge on any atom is -0.260 e. The molecule has 0 aliphatic heterocycles. The predicted octanol–water partition coefficient (Wildman–Crippen LogP) is 1.83. The summed E-state index contributed by atoms with van der Waals surface area (Å²) in [5.74, 6) is -0.642. The van der Waals surface area contributed by atoms with Gasteiger partial charge in [0.25, 0.3) is 0 Å². The largest absolute Gasteiger partial charge is 0.260 e. The van der Waals surface area contributed by atoms with Crippen LogP contribution in [-0.2, 0) is 10.0 Å². The monoisotopic (exact) mass is 258 g/mol. The van der Waals surface area contributed by atoms with Crippen LogP contribution in [0, 0.1) is 5.82 Å². The van der Waals surface area contributed by atoms with Gasteiger partial charge in [-0.15, -0.1) is 0 Å². The molecule has 1 heterocycles. The van der Waals surface area contributed by atoms with Gasteiger partial charge in [0.2, 0.25) is 10.0 Å². The van der Waals surface area contributed by atoms with E-state index in [1.54, 1.807) is 0 Å². The maximum absolute atomic E-state index is 12.9. The van der Waals surface area contributed by atoms with Crippen molar-refractivity contribution < 1.29 is 12.8 Å². The van der Waals surface area contributed by atoms with Crippen LogP contribution in [0.2, 0.25) is 0 Å². The third-order valence-corrected chi connectivity index (χ3v) is 4.40. The molecule has 17 heavy (non-hydrogen) atoms. The molecule has 0 unspecified atom stereocenters. The molecular weight excluding hydrogens is 243 g/mol. The van der Waals surface area contributed by atoms with Crippen LogP contribution in [0.3, 0.4) is 0 Å². The highest BCUT2D eigenvalue weighted by molar-refractivity contribution is 7.89. The van der Waals surface area contributed by atoms with Crippen LogP contribution in [0.25, 0.3) is 0 Å². The maximum Gasteiger partial charge on any atom is 0.242 e. The quantitative estimate of drug-likeness (QED) is 0.899. The minimum absolute atomic E-state index is 0.0305. The molecule has 1 aliphatic carbocycles. The van der Waals surface area contributed by atoms with Crippen molar-refractivity contribution in [3.63, 3.8) is 0 Å². The molecule has 0 amide bonds. The Hall–Kier alpha value is -1.01. The normalized spacial score (nSPS) is 18.2. The number of nitrogens with one attached hydrogen (secondary N) is 1. The van der Waals surface area contributed by atoms with E-state index in [0.29, 0.717) is 0 Å². The number of rotatable bonds is 3. The van der Waals surface area contributed by atoms with Crippen molar-refractivity contribution in [2.45, 2.75) is 43.0 Å². The molecule has 6 heteroatoms. The van der Waals surface area contributed by atoms with Crippen molar-refractivity contribution in [1.29, 1.82) is 0 Å². The fraction of sp³-hybridized carbons (Fsp3) is 0.545. The van der Waals surface area contributed by atoms with E-state index in [-0.39, 0.29) is 10.9 Å². The molecule has 0 atom stereocenters. The summed E-state index contributed by atoms with van der Waals surface area (Å²) in [6.45, 7) is 0. The number of pyridine rings is 1. The Kier molecular flexibility index (Phi) is 3.73. The Balaban J connectivity index is 2.13. The van der Waals surface area contributed by atoms with Gasteiger partial charge in [0.05, 0.1) is 6.20 Å². The summed E-state index contributed by atoms with van der Waals surface area (Å²) in [7, 11) is -3.63. The van der Waals surface area contributed by atoms with E-state index in [1.165, 1.54) is 0 Å². The molecule has 1 N–H and O–H groups in total. The van der Waals surface area contributed by atoms with Gasteiger partial charge >= 0.3 is 0 Å². The summed E-state index contributed by atoms with van der Waals surface area (Å²) >= 11 is 0. The van der Waals surface area contributed by atoms with E-state index in [4.69, 9.17) is 0 Å². The average molecular weight is 258 g/mol. The predicted molar refractivity (Wildman–Crippen MR) is 61.4 cm³/mol. The average Bonchev–Trinajstić information content (AvgIpc) is 2.30. The molecule has 0 radical (unpaired) electrons. The fourth-order valence-corrected chi connectivity index (χ4v) is 3.33. The number of halogens is 1. The Morgan fingerprint density at radius 2 is 1.94 bits per heavy atom. The van der Waals surface area contributed by atoms with Crippen molar-refractivity contribution in [3.8, 4) is 0 Å². The van der Waals surface area contributed by atoms with E-state index in [0.717, 1.165) is 50.6 Å². The van der Waals surface area contributed by atoms with Crippen LogP contribution in [-0.4, -0.2) is 19.4 Å². The number of nitrogens with zero attached hydrogens (tertiary/aromatic N) is 1. The third-order valence-electron chi connectivity index (χ3n) is 2.92. The van der Waals surface area contributed by atoms with Gasteiger partial charge in [-0.25, -0.2) is 17.5 Å². The standard InChI is InChI=1S/C11H15FN2O2S/c12-9-6-11(8-13-7-9)17(15,16)14-10-4-2-1-3-5-10/h6-8,10,14H,1-5H2. The Bertz CT molecular complexity index is 484. The zero-order valence-electron chi connectivity index (χ0n) is 9.39. The second-order valence-electron chi connectivity index (χ2n) is 4.30. The molecule has 0 spiro atoms. The third kappa shape index (κ3) is 3.23. The van der Waals surface area contributed by atoms with Gasteiger partial charge in [-0.2, -0.15) is 0 Å². The maximum atomic E-state index is 12.9. The van der Waals surface area contributed by atoms with E-state index < -0.39 is 15.8 Å². The van der Waals surface area contributed by atoms with Gasteiger partial charge in [0.1, 0.15) is 10.7 Å². The van der Waals surface area contributed by atoms with Gasteiger partial charge in [-0.05, 0) is 18.9 Å². The van der Waals surface area contributed by atoms with Crippen molar-refractivity contribution in [3.05, 3.63) is 24.3 Å². The number of sulfonamides is 1. The zero-order valence-corrected chi connectivity index (χ0v) is 10.2. The van der Waals surface area contributed by atoms with Gasteiger partial charge in [-0.3, -0.25) is 4.98 Å². The summed E-state index contributed by atoms with van der Waals surface area (Å²) in [5.41, 5.74) is 0. The second kappa shape index (κ2) is 5.10.